The second-order valence-corrected chi connectivity index (χ2v) is 4.82. The van der Waals surface area contributed by atoms with E-state index in [4.69, 9.17) is 10.5 Å². The van der Waals surface area contributed by atoms with E-state index >= 15 is 0 Å². The number of hydrogen-bond acceptors (Lipinski definition) is 4. The number of nitrogens with two attached hydrogens (primary N) is 1. The molecule has 0 unspecified atom stereocenters. The van der Waals surface area contributed by atoms with Crippen LogP contribution in [0.2, 0.25) is 0 Å². The predicted molar refractivity (Wildman–Crippen MR) is 69.2 cm³/mol. The van der Waals surface area contributed by atoms with Crippen molar-refractivity contribution in [1.82, 2.24) is 4.98 Å². The zero-order valence-electron chi connectivity index (χ0n) is 10.4. The normalized spacial score (nSPS) is 18.0. The van der Waals surface area contributed by atoms with Crippen molar-refractivity contribution in [3.8, 4) is 5.75 Å². The van der Waals surface area contributed by atoms with E-state index in [0.29, 0.717) is 0 Å². The average Bonchev–Trinajstić information content (AvgIpc) is 2.86. The molecule has 0 spiro atoms. The lowest BCUT2D eigenvalue weighted by molar-refractivity contribution is 0.331. The van der Waals surface area contributed by atoms with Crippen LogP contribution < -0.4 is 15.8 Å². The summed E-state index contributed by atoms with van der Waals surface area (Å²) in [6.45, 7) is 1.63. The Bertz CT molecular complexity index is 361. The molecule has 0 aromatic carbocycles. The van der Waals surface area contributed by atoms with Gasteiger partial charge in [-0.15, -0.1) is 0 Å². The number of aromatic nitrogens is 1. The monoisotopic (exact) mass is 235 g/mol. The molecule has 1 heterocycles. The molecule has 1 aliphatic rings. The molecule has 1 aromatic heterocycles. The zero-order chi connectivity index (χ0) is 12.1. The van der Waals surface area contributed by atoms with Gasteiger partial charge < -0.3 is 15.8 Å². The Labute approximate surface area is 103 Å². The van der Waals surface area contributed by atoms with Crippen molar-refractivity contribution in [3.63, 3.8) is 0 Å². The molecule has 0 amide bonds. The van der Waals surface area contributed by atoms with Crippen LogP contribution in [0.5, 0.6) is 5.75 Å². The summed E-state index contributed by atoms with van der Waals surface area (Å²) in [6.07, 6.45) is 6.78. The van der Waals surface area contributed by atoms with E-state index in [1.165, 1.54) is 25.7 Å². The quantitative estimate of drug-likeness (QED) is 0.819. The molecule has 1 saturated carbocycles. The van der Waals surface area contributed by atoms with Gasteiger partial charge in [0.05, 0.1) is 7.11 Å². The van der Waals surface area contributed by atoms with Gasteiger partial charge in [-0.2, -0.15) is 0 Å². The van der Waals surface area contributed by atoms with Gasteiger partial charge >= 0.3 is 0 Å². The Morgan fingerprint density at radius 3 is 2.88 bits per heavy atom. The van der Waals surface area contributed by atoms with E-state index in [9.17, 15) is 0 Å². The third-order valence-electron chi connectivity index (χ3n) is 3.72. The fourth-order valence-corrected chi connectivity index (χ4v) is 2.54. The van der Waals surface area contributed by atoms with E-state index in [0.717, 1.165) is 24.7 Å². The van der Waals surface area contributed by atoms with Gasteiger partial charge in [-0.3, -0.25) is 0 Å². The topological polar surface area (TPSA) is 60.2 Å². The van der Waals surface area contributed by atoms with Crippen LogP contribution >= 0.6 is 0 Å². The number of hydrogen-bond donors (Lipinski definition) is 2. The van der Waals surface area contributed by atoms with Gasteiger partial charge in [0.1, 0.15) is 0 Å². The Hall–Kier alpha value is -1.29. The first-order valence-corrected chi connectivity index (χ1v) is 6.23. The molecule has 17 heavy (non-hydrogen) atoms. The van der Waals surface area contributed by atoms with Crippen molar-refractivity contribution in [3.05, 3.63) is 18.3 Å². The highest BCUT2D eigenvalue weighted by Gasteiger charge is 2.32. The fraction of sp³-hybridized carbons (Fsp3) is 0.615. The summed E-state index contributed by atoms with van der Waals surface area (Å²) in [4.78, 5) is 4.30. The highest BCUT2D eigenvalue weighted by molar-refractivity contribution is 5.49. The summed E-state index contributed by atoms with van der Waals surface area (Å²) in [5, 5.41) is 3.38. The molecule has 94 valence electrons. The van der Waals surface area contributed by atoms with Crippen LogP contribution in [0.25, 0.3) is 0 Å². The number of nitrogens with zero attached hydrogens (tertiary/aromatic N) is 1. The fourth-order valence-electron chi connectivity index (χ4n) is 2.54. The first-order valence-electron chi connectivity index (χ1n) is 6.23. The Kier molecular flexibility index (Phi) is 3.84. The van der Waals surface area contributed by atoms with Crippen molar-refractivity contribution >= 4 is 5.82 Å². The summed E-state index contributed by atoms with van der Waals surface area (Å²) in [5.74, 6) is 1.60. The maximum Gasteiger partial charge on any atom is 0.168 e. The predicted octanol–water partition coefficient (Wildman–Crippen LogP) is 2.02. The van der Waals surface area contributed by atoms with Gasteiger partial charge in [-0.25, -0.2) is 4.98 Å². The highest BCUT2D eigenvalue weighted by Crippen LogP contribution is 2.37. The number of nitrogens with one attached hydrogen (secondary N) is 1. The molecule has 4 heteroatoms. The SMILES string of the molecule is COc1cccnc1NCC1(CN)CCCC1. The van der Waals surface area contributed by atoms with Gasteiger partial charge in [0.15, 0.2) is 11.6 Å². The van der Waals surface area contributed by atoms with Gasteiger partial charge in [0.25, 0.3) is 0 Å². The average molecular weight is 235 g/mol. The molecule has 2 rings (SSSR count). The molecular weight excluding hydrogens is 214 g/mol. The second kappa shape index (κ2) is 5.36. The maximum absolute atomic E-state index is 5.91. The minimum Gasteiger partial charge on any atom is -0.493 e. The number of ether oxygens (including phenoxy) is 1. The van der Waals surface area contributed by atoms with Crippen LogP contribution in [0.1, 0.15) is 25.7 Å². The van der Waals surface area contributed by atoms with Crippen molar-refractivity contribution in [2.75, 3.05) is 25.5 Å². The van der Waals surface area contributed by atoms with E-state index < -0.39 is 0 Å². The molecule has 0 atom stereocenters. The molecule has 0 aliphatic heterocycles. The minimum atomic E-state index is 0.253. The highest BCUT2D eigenvalue weighted by atomic mass is 16.5. The lowest BCUT2D eigenvalue weighted by Crippen LogP contribution is -2.34. The van der Waals surface area contributed by atoms with E-state index in [1.54, 1.807) is 13.3 Å². The smallest absolute Gasteiger partial charge is 0.168 e. The van der Waals surface area contributed by atoms with E-state index in [1.807, 2.05) is 12.1 Å². The van der Waals surface area contributed by atoms with Crippen LogP contribution in [0.4, 0.5) is 5.82 Å². The van der Waals surface area contributed by atoms with E-state index in [2.05, 4.69) is 10.3 Å². The van der Waals surface area contributed by atoms with Crippen molar-refractivity contribution in [2.24, 2.45) is 11.1 Å². The molecule has 1 fully saturated rings. The lowest BCUT2D eigenvalue weighted by atomic mass is 9.86. The summed E-state index contributed by atoms with van der Waals surface area (Å²) < 4.78 is 5.27. The molecule has 1 aromatic rings. The van der Waals surface area contributed by atoms with Crippen molar-refractivity contribution in [1.29, 1.82) is 0 Å². The van der Waals surface area contributed by atoms with E-state index in [-0.39, 0.29) is 5.41 Å². The Morgan fingerprint density at radius 1 is 1.47 bits per heavy atom. The summed E-state index contributed by atoms with van der Waals surface area (Å²) >= 11 is 0. The first kappa shape index (κ1) is 12.2. The molecule has 1 aliphatic carbocycles. The third kappa shape index (κ3) is 2.69. The summed E-state index contributed by atoms with van der Waals surface area (Å²) in [7, 11) is 1.66. The molecular formula is C13H21N3O. The first-order chi connectivity index (χ1) is 8.29. The zero-order valence-corrected chi connectivity index (χ0v) is 10.4. The maximum atomic E-state index is 5.91. The standard InChI is InChI=1S/C13H21N3O/c1-17-11-5-4-8-15-12(11)16-10-13(9-14)6-2-3-7-13/h4-5,8H,2-3,6-7,9-10,14H2,1H3,(H,15,16). The number of rotatable bonds is 5. The van der Waals surface area contributed by atoms with Crippen molar-refractivity contribution < 1.29 is 4.74 Å². The van der Waals surface area contributed by atoms with Gasteiger partial charge in [-0.1, -0.05) is 12.8 Å². The van der Waals surface area contributed by atoms with Crippen LogP contribution in [-0.4, -0.2) is 25.2 Å². The van der Waals surface area contributed by atoms with Gasteiger partial charge in [0, 0.05) is 12.7 Å². The molecule has 0 bridgehead atoms. The third-order valence-corrected chi connectivity index (χ3v) is 3.72. The minimum absolute atomic E-state index is 0.253. The Balaban J connectivity index is 2.01. The molecule has 4 nitrogen and oxygen atoms in total. The number of methoxy groups -OCH3 is 1. The van der Waals surface area contributed by atoms with Crippen molar-refractivity contribution in [2.45, 2.75) is 25.7 Å². The molecule has 0 radical (unpaired) electrons. The van der Waals surface area contributed by atoms with Gasteiger partial charge in [-0.05, 0) is 36.9 Å². The second-order valence-electron chi connectivity index (χ2n) is 4.82. The molecule has 0 saturated heterocycles. The lowest BCUT2D eigenvalue weighted by Gasteiger charge is -2.27. The van der Waals surface area contributed by atoms with Crippen LogP contribution in [0, 0.1) is 5.41 Å². The van der Waals surface area contributed by atoms with Crippen LogP contribution in [0.15, 0.2) is 18.3 Å². The number of pyridine rings is 1. The molecule has 3 N–H and O–H groups in total. The van der Waals surface area contributed by atoms with Gasteiger partial charge in [0.2, 0.25) is 0 Å². The summed E-state index contributed by atoms with van der Waals surface area (Å²) in [6, 6.07) is 3.79. The van der Waals surface area contributed by atoms with Crippen LogP contribution in [-0.2, 0) is 0 Å². The Morgan fingerprint density at radius 2 is 2.24 bits per heavy atom. The van der Waals surface area contributed by atoms with Crippen LogP contribution in [0.3, 0.4) is 0 Å². The largest absolute Gasteiger partial charge is 0.493 e. The number of anilines is 1. The summed E-state index contributed by atoms with van der Waals surface area (Å²) in [5.41, 5.74) is 6.16.